The Morgan fingerprint density at radius 2 is 2.15 bits per heavy atom. The number of hydrogen-bond acceptors (Lipinski definition) is 3. The number of hydrogen-bond donors (Lipinski definition) is 1. The first-order valence-electron chi connectivity index (χ1n) is 6.33. The highest BCUT2D eigenvalue weighted by molar-refractivity contribution is 9.10. The van der Waals surface area contributed by atoms with Gasteiger partial charge in [0.25, 0.3) is 0 Å². The first-order valence-corrected chi connectivity index (χ1v) is 7.13. The zero-order valence-corrected chi connectivity index (χ0v) is 12.9. The molecule has 0 bridgehead atoms. The molecule has 0 radical (unpaired) electrons. The molecular weight excluding hydrogens is 323 g/mol. The van der Waals surface area contributed by atoms with E-state index in [4.69, 9.17) is 4.74 Å². The summed E-state index contributed by atoms with van der Waals surface area (Å²) in [6.07, 6.45) is 2.82. The molecule has 1 heterocycles. The van der Waals surface area contributed by atoms with E-state index in [2.05, 4.69) is 26.2 Å². The summed E-state index contributed by atoms with van der Waals surface area (Å²) in [4.78, 5) is 3.80. The summed E-state index contributed by atoms with van der Waals surface area (Å²) in [7, 11) is 1.61. The Kier molecular flexibility index (Phi) is 5.09. The Balaban J connectivity index is 2.51. The highest BCUT2D eigenvalue weighted by Gasteiger charge is 2.20. The summed E-state index contributed by atoms with van der Waals surface area (Å²) in [5.74, 6) is 0.380. The lowest BCUT2D eigenvalue weighted by atomic mass is 9.98. The van der Waals surface area contributed by atoms with Crippen molar-refractivity contribution >= 4 is 15.9 Å². The average Bonchev–Trinajstić information content (AvgIpc) is 2.46. The van der Waals surface area contributed by atoms with E-state index in [-0.39, 0.29) is 11.9 Å². The van der Waals surface area contributed by atoms with Crippen LogP contribution in [0.25, 0.3) is 0 Å². The smallest absolute Gasteiger partial charge is 0.146 e. The summed E-state index contributed by atoms with van der Waals surface area (Å²) in [6.45, 7) is 2.70. The lowest BCUT2D eigenvalue weighted by molar-refractivity contribution is 0.403. The SMILES string of the molecule is CCNC(c1ccncc1F)c1ccc(Br)cc1OC. The van der Waals surface area contributed by atoms with Gasteiger partial charge in [-0.1, -0.05) is 28.9 Å². The molecule has 0 aliphatic carbocycles. The Hall–Kier alpha value is -1.46. The van der Waals surface area contributed by atoms with E-state index in [9.17, 15) is 4.39 Å². The Labute approximate surface area is 126 Å². The van der Waals surface area contributed by atoms with Gasteiger partial charge in [0.15, 0.2) is 0 Å². The number of pyridine rings is 1. The number of benzene rings is 1. The van der Waals surface area contributed by atoms with Crippen molar-refractivity contribution in [2.75, 3.05) is 13.7 Å². The first-order chi connectivity index (χ1) is 9.67. The van der Waals surface area contributed by atoms with Crippen LogP contribution in [0, 0.1) is 5.82 Å². The molecule has 0 saturated carbocycles. The molecular formula is C15H16BrFN2O. The van der Waals surface area contributed by atoms with E-state index in [1.807, 2.05) is 25.1 Å². The number of halogens is 2. The molecule has 2 rings (SSSR count). The molecule has 0 saturated heterocycles. The monoisotopic (exact) mass is 338 g/mol. The first kappa shape index (κ1) is 14.9. The van der Waals surface area contributed by atoms with Crippen molar-refractivity contribution in [2.24, 2.45) is 0 Å². The molecule has 0 amide bonds. The number of rotatable bonds is 5. The minimum absolute atomic E-state index is 0.272. The van der Waals surface area contributed by atoms with Crippen LogP contribution in [-0.4, -0.2) is 18.6 Å². The molecule has 20 heavy (non-hydrogen) atoms. The maximum absolute atomic E-state index is 14.0. The zero-order chi connectivity index (χ0) is 14.5. The topological polar surface area (TPSA) is 34.2 Å². The van der Waals surface area contributed by atoms with Gasteiger partial charge < -0.3 is 10.1 Å². The van der Waals surface area contributed by atoms with Crippen molar-refractivity contribution < 1.29 is 9.13 Å². The van der Waals surface area contributed by atoms with Gasteiger partial charge in [-0.25, -0.2) is 4.39 Å². The van der Waals surface area contributed by atoms with Crippen molar-refractivity contribution in [1.82, 2.24) is 10.3 Å². The van der Waals surface area contributed by atoms with Crippen molar-refractivity contribution in [3.8, 4) is 5.75 Å². The Morgan fingerprint density at radius 1 is 1.35 bits per heavy atom. The van der Waals surface area contributed by atoms with E-state index in [0.29, 0.717) is 17.9 Å². The van der Waals surface area contributed by atoms with E-state index >= 15 is 0 Å². The highest BCUT2D eigenvalue weighted by Crippen LogP contribution is 2.33. The molecule has 1 unspecified atom stereocenters. The molecule has 1 aromatic carbocycles. The molecule has 106 valence electrons. The molecule has 0 spiro atoms. The quantitative estimate of drug-likeness (QED) is 0.902. The van der Waals surface area contributed by atoms with Crippen LogP contribution in [0.5, 0.6) is 5.75 Å². The molecule has 0 aliphatic rings. The van der Waals surface area contributed by atoms with E-state index in [0.717, 1.165) is 10.0 Å². The van der Waals surface area contributed by atoms with Gasteiger partial charge in [0.1, 0.15) is 11.6 Å². The molecule has 1 aromatic heterocycles. The summed E-state index contributed by atoms with van der Waals surface area (Å²) in [6, 6.07) is 7.13. The second-order valence-electron chi connectivity index (χ2n) is 4.27. The van der Waals surface area contributed by atoms with Gasteiger partial charge in [-0.15, -0.1) is 0 Å². The number of ether oxygens (including phenoxy) is 1. The summed E-state index contributed by atoms with van der Waals surface area (Å²) in [5.41, 5.74) is 1.45. The molecule has 3 nitrogen and oxygen atoms in total. The normalized spacial score (nSPS) is 12.2. The van der Waals surface area contributed by atoms with Gasteiger partial charge in [-0.3, -0.25) is 4.98 Å². The third kappa shape index (κ3) is 3.16. The standard InChI is InChI=1S/C15H16BrFN2O/c1-3-19-15(11-6-7-18-9-13(11)17)12-5-4-10(16)8-14(12)20-2/h4-9,15,19H,3H2,1-2H3. The lowest BCUT2D eigenvalue weighted by Gasteiger charge is -2.21. The van der Waals surface area contributed by atoms with Crippen LogP contribution in [-0.2, 0) is 0 Å². The maximum Gasteiger partial charge on any atom is 0.146 e. The maximum atomic E-state index is 14.0. The van der Waals surface area contributed by atoms with Crippen molar-refractivity contribution in [3.63, 3.8) is 0 Å². The van der Waals surface area contributed by atoms with Gasteiger partial charge in [0.05, 0.1) is 19.3 Å². The Bertz CT molecular complexity index is 592. The third-order valence-electron chi connectivity index (χ3n) is 3.03. The second-order valence-corrected chi connectivity index (χ2v) is 5.19. The minimum atomic E-state index is -0.330. The molecule has 1 atom stereocenters. The van der Waals surface area contributed by atoms with Crippen LogP contribution in [0.3, 0.4) is 0 Å². The molecule has 5 heteroatoms. The molecule has 0 fully saturated rings. The summed E-state index contributed by atoms with van der Waals surface area (Å²) in [5, 5.41) is 3.29. The highest BCUT2D eigenvalue weighted by atomic mass is 79.9. The minimum Gasteiger partial charge on any atom is -0.496 e. The molecule has 2 aromatic rings. The predicted octanol–water partition coefficient (Wildman–Crippen LogP) is 3.69. The average molecular weight is 339 g/mol. The number of methoxy groups -OCH3 is 1. The largest absolute Gasteiger partial charge is 0.496 e. The fourth-order valence-corrected chi connectivity index (χ4v) is 2.48. The summed E-state index contributed by atoms with van der Waals surface area (Å²) >= 11 is 3.41. The fourth-order valence-electron chi connectivity index (χ4n) is 2.14. The van der Waals surface area contributed by atoms with Crippen molar-refractivity contribution in [1.29, 1.82) is 0 Å². The van der Waals surface area contributed by atoms with E-state index < -0.39 is 0 Å². The Morgan fingerprint density at radius 3 is 2.80 bits per heavy atom. The van der Waals surface area contributed by atoms with Crippen molar-refractivity contribution in [2.45, 2.75) is 13.0 Å². The van der Waals surface area contributed by atoms with Crippen LogP contribution in [0.2, 0.25) is 0 Å². The summed E-state index contributed by atoms with van der Waals surface area (Å²) < 4.78 is 20.3. The second kappa shape index (κ2) is 6.81. The van der Waals surface area contributed by atoms with Crippen LogP contribution in [0.4, 0.5) is 4.39 Å². The number of nitrogens with zero attached hydrogens (tertiary/aromatic N) is 1. The van der Waals surface area contributed by atoms with E-state index in [1.165, 1.54) is 6.20 Å². The van der Waals surface area contributed by atoms with Gasteiger partial charge in [-0.05, 0) is 24.7 Å². The zero-order valence-electron chi connectivity index (χ0n) is 11.4. The molecule has 1 N–H and O–H groups in total. The fraction of sp³-hybridized carbons (Fsp3) is 0.267. The van der Waals surface area contributed by atoms with E-state index in [1.54, 1.807) is 19.4 Å². The number of aromatic nitrogens is 1. The molecule has 0 aliphatic heterocycles. The van der Waals surface area contributed by atoms with Gasteiger partial charge >= 0.3 is 0 Å². The van der Waals surface area contributed by atoms with Gasteiger partial charge in [-0.2, -0.15) is 0 Å². The van der Waals surface area contributed by atoms with Gasteiger partial charge in [0.2, 0.25) is 0 Å². The van der Waals surface area contributed by atoms with Crippen LogP contribution >= 0.6 is 15.9 Å². The lowest BCUT2D eigenvalue weighted by Crippen LogP contribution is -2.23. The van der Waals surface area contributed by atoms with Crippen LogP contribution < -0.4 is 10.1 Å². The number of nitrogens with one attached hydrogen (secondary N) is 1. The van der Waals surface area contributed by atoms with Crippen LogP contribution in [0.15, 0.2) is 41.1 Å². The predicted molar refractivity (Wildman–Crippen MR) is 80.4 cm³/mol. The van der Waals surface area contributed by atoms with Crippen molar-refractivity contribution in [3.05, 3.63) is 58.1 Å². The third-order valence-corrected chi connectivity index (χ3v) is 3.52. The van der Waals surface area contributed by atoms with Gasteiger partial charge in [0, 0.05) is 21.8 Å². The van der Waals surface area contributed by atoms with Crippen LogP contribution in [0.1, 0.15) is 24.1 Å².